The first kappa shape index (κ1) is 13.6. The maximum Gasteiger partial charge on any atom is 0.219 e. The highest BCUT2D eigenvalue weighted by Gasteiger charge is 2.17. The van der Waals surface area contributed by atoms with Crippen molar-refractivity contribution in [3.05, 3.63) is 47.2 Å². The number of ether oxygens (including phenoxy) is 1. The van der Waals surface area contributed by atoms with E-state index in [0.29, 0.717) is 23.0 Å². The SMILES string of the molecule is CCCn1ncc(Cl)c1C(=O)COc1ccccc1. The number of halogens is 1. The third-order valence-corrected chi connectivity index (χ3v) is 2.88. The Labute approximate surface area is 116 Å². The summed E-state index contributed by atoms with van der Waals surface area (Å²) in [4.78, 5) is 12.1. The molecule has 0 saturated heterocycles. The minimum atomic E-state index is -0.167. The Hall–Kier alpha value is -1.81. The van der Waals surface area contributed by atoms with Gasteiger partial charge >= 0.3 is 0 Å². The van der Waals surface area contributed by atoms with Crippen molar-refractivity contribution in [1.29, 1.82) is 0 Å². The maximum absolute atomic E-state index is 12.1. The monoisotopic (exact) mass is 278 g/mol. The number of rotatable bonds is 6. The first-order valence-electron chi connectivity index (χ1n) is 6.14. The molecule has 0 aliphatic carbocycles. The number of carbonyl (C=O) groups is 1. The fourth-order valence-electron chi connectivity index (χ4n) is 1.75. The zero-order chi connectivity index (χ0) is 13.7. The molecule has 0 aliphatic heterocycles. The molecule has 0 saturated carbocycles. The van der Waals surface area contributed by atoms with E-state index in [-0.39, 0.29) is 12.4 Å². The molecule has 0 fully saturated rings. The highest BCUT2D eigenvalue weighted by atomic mass is 35.5. The van der Waals surface area contributed by atoms with Crippen molar-refractivity contribution in [2.45, 2.75) is 19.9 Å². The number of carbonyl (C=O) groups excluding carboxylic acids is 1. The number of benzene rings is 1. The van der Waals surface area contributed by atoms with Crippen molar-refractivity contribution in [2.75, 3.05) is 6.61 Å². The van der Waals surface area contributed by atoms with Crippen molar-refractivity contribution in [3.63, 3.8) is 0 Å². The van der Waals surface area contributed by atoms with Crippen molar-refractivity contribution in [3.8, 4) is 5.75 Å². The average Bonchev–Trinajstić information content (AvgIpc) is 2.79. The van der Waals surface area contributed by atoms with Gasteiger partial charge in [0.05, 0.1) is 11.2 Å². The summed E-state index contributed by atoms with van der Waals surface area (Å²) in [6, 6.07) is 9.21. The smallest absolute Gasteiger partial charge is 0.219 e. The van der Waals surface area contributed by atoms with Crippen LogP contribution in [-0.2, 0) is 6.54 Å². The first-order chi connectivity index (χ1) is 9.22. The lowest BCUT2D eigenvalue weighted by molar-refractivity contribution is 0.0910. The van der Waals surface area contributed by atoms with Crippen LogP contribution >= 0.6 is 11.6 Å². The third-order valence-electron chi connectivity index (χ3n) is 2.61. The molecule has 4 nitrogen and oxygen atoms in total. The molecule has 0 aliphatic rings. The molecule has 0 N–H and O–H groups in total. The first-order valence-corrected chi connectivity index (χ1v) is 6.52. The highest BCUT2D eigenvalue weighted by molar-refractivity contribution is 6.33. The Balaban J connectivity index is 2.06. The fourth-order valence-corrected chi connectivity index (χ4v) is 2.00. The summed E-state index contributed by atoms with van der Waals surface area (Å²) < 4.78 is 7.05. The van der Waals surface area contributed by atoms with E-state index in [4.69, 9.17) is 16.3 Å². The quantitative estimate of drug-likeness (QED) is 0.762. The minimum Gasteiger partial charge on any atom is -0.485 e. The normalized spacial score (nSPS) is 10.4. The lowest BCUT2D eigenvalue weighted by Crippen LogP contribution is -2.17. The summed E-state index contributed by atoms with van der Waals surface area (Å²) in [7, 11) is 0. The maximum atomic E-state index is 12.1. The molecule has 2 rings (SSSR count). The van der Waals surface area contributed by atoms with Gasteiger partial charge in [0.15, 0.2) is 6.61 Å². The zero-order valence-corrected chi connectivity index (χ0v) is 11.4. The van der Waals surface area contributed by atoms with Gasteiger partial charge in [-0.3, -0.25) is 9.48 Å². The van der Waals surface area contributed by atoms with Gasteiger partial charge in [0.25, 0.3) is 0 Å². The van der Waals surface area contributed by atoms with Crippen LogP contribution in [0.3, 0.4) is 0 Å². The van der Waals surface area contributed by atoms with Gasteiger partial charge < -0.3 is 4.74 Å². The molecule has 0 amide bonds. The lowest BCUT2D eigenvalue weighted by Gasteiger charge is -2.07. The van der Waals surface area contributed by atoms with Gasteiger partial charge in [-0.25, -0.2) is 0 Å². The van der Waals surface area contributed by atoms with Gasteiger partial charge in [0.2, 0.25) is 5.78 Å². The van der Waals surface area contributed by atoms with Crippen LogP contribution in [0.25, 0.3) is 0 Å². The van der Waals surface area contributed by atoms with E-state index in [2.05, 4.69) is 5.10 Å². The minimum absolute atomic E-state index is 0.0425. The Morgan fingerprint density at radius 2 is 2.11 bits per heavy atom. The van der Waals surface area contributed by atoms with Crippen LogP contribution in [0, 0.1) is 0 Å². The molecule has 0 atom stereocenters. The predicted octanol–water partition coefficient (Wildman–Crippen LogP) is 3.21. The molecule has 1 aromatic carbocycles. The molecule has 0 radical (unpaired) electrons. The van der Waals surface area contributed by atoms with Crippen molar-refractivity contribution < 1.29 is 9.53 Å². The van der Waals surface area contributed by atoms with Crippen molar-refractivity contribution in [1.82, 2.24) is 9.78 Å². The largest absolute Gasteiger partial charge is 0.485 e. The number of hydrogen-bond donors (Lipinski definition) is 0. The van der Waals surface area contributed by atoms with E-state index in [9.17, 15) is 4.79 Å². The van der Waals surface area contributed by atoms with E-state index in [1.807, 2.05) is 25.1 Å². The topological polar surface area (TPSA) is 44.1 Å². The molecule has 1 heterocycles. The van der Waals surface area contributed by atoms with Crippen LogP contribution in [0.15, 0.2) is 36.5 Å². The van der Waals surface area contributed by atoms with Crippen LogP contribution in [0.5, 0.6) is 5.75 Å². The lowest BCUT2D eigenvalue weighted by atomic mass is 10.3. The van der Waals surface area contributed by atoms with E-state index < -0.39 is 0 Å². The third kappa shape index (κ3) is 3.35. The zero-order valence-electron chi connectivity index (χ0n) is 10.7. The summed E-state index contributed by atoms with van der Waals surface area (Å²) in [5.41, 5.74) is 0.416. The second-order valence-corrected chi connectivity index (χ2v) is 4.50. The average molecular weight is 279 g/mol. The number of aryl methyl sites for hydroxylation is 1. The van der Waals surface area contributed by atoms with Crippen molar-refractivity contribution in [2.24, 2.45) is 0 Å². The Kier molecular flexibility index (Phi) is 4.58. The molecule has 2 aromatic rings. The van der Waals surface area contributed by atoms with Gasteiger partial charge in [0.1, 0.15) is 11.4 Å². The van der Waals surface area contributed by atoms with E-state index in [1.54, 1.807) is 16.8 Å². The summed E-state index contributed by atoms with van der Waals surface area (Å²) in [5, 5.41) is 4.46. The summed E-state index contributed by atoms with van der Waals surface area (Å²) in [6.45, 7) is 2.64. The summed E-state index contributed by atoms with van der Waals surface area (Å²) in [5.74, 6) is 0.494. The van der Waals surface area contributed by atoms with E-state index >= 15 is 0 Å². The second-order valence-electron chi connectivity index (χ2n) is 4.09. The standard InChI is InChI=1S/C14H15ClN2O2/c1-2-8-17-14(12(15)9-16-17)13(18)10-19-11-6-4-3-5-7-11/h3-7,9H,2,8,10H2,1H3. The fraction of sp³-hybridized carbons (Fsp3) is 0.286. The molecule has 100 valence electrons. The van der Waals surface area contributed by atoms with Crippen LogP contribution in [-0.4, -0.2) is 22.2 Å². The van der Waals surface area contributed by atoms with Gasteiger partial charge in [-0.1, -0.05) is 36.7 Å². The van der Waals surface area contributed by atoms with E-state index in [0.717, 1.165) is 6.42 Å². The van der Waals surface area contributed by atoms with Gasteiger partial charge in [-0.15, -0.1) is 0 Å². The molecule has 0 bridgehead atoms. The molecule has 5 heteroatoms. The number of aromatic nitrogens is 2. The van der Waals surface area contributed by atoms with Crippen molar-refractivity contribution >= 4 is 17.4 Å². The molecule has 0 spiro atoms. The van der Waals surface area contributed by atoms with Gasteiger partial charge in [-0.2, -0.15) is 5.10 Å². The molecule has 19 heavy (non-hydrogen) atoms. The number of para-hydroxylation sites is 1. The second kappa shape index (κ2) is 6.38. The summed E-state index contributed by atoms with van der Waals surface area (Å²) >= 11 is 6.00. The van der Waals surface area contributed by atoms with Gasteiger partial charge in [-0.05, 0) is 18.6 Å². The predicted molar refractivity (Wildman–Crippen MR) is 73.8 cm³/mol. The Bertz CT molecular complexity index is 552. The number of Topliss-reactive ketones (excluding diaryl/α,β-unsaturated/α-hetero) is 1. The molecule has 1 aromatic heterocycles. The Morgan fingerprint density at radius 1 is 1.37 bits per heavy atom. The number of hydrogen-bond acceptors (Lipinski definition) is 3. The van der Waals surface area contributed by atoms with Gasteiger partial charge in [0, 0.05) is 6.54 Å². The molecular weight excluding hydrogens is 264 g/mol. The number of nitrogens with zero attached hydrogens (tertiary/aromatic N) is 2. The highest BCUT2D eigenvalue weighted by Crippen LogP contribution is 2.17. The number of ketones is 1. The van der Waals surface area contributed by atoms with Crippen LogP contribution in [0.4, 0.5) is 0 Å². The van der Waals surface area contributed by atoms with Crippen LogP contribution in [0.2, 0.25) is 5.02 Å². The van der Waals surface area contributed by atoms with E-state index in [1.165, 1.54) is 6.20 Å². The summed E-state index contributed by atoms with van der Waals surface area (Å²) in [6.07, 6.45) is 2.38. The Morgan fingerprint density at radius 3 is 2.79 bits per heavy atom. The molecular formula is C14H15ClN2O2. The molecule has 0 unspecified atom stereocenters. The van der Waals surface area contributed by atoms with Crippen LogP contribution in [0.1, 0.15) is 23.8 Å². The van der Waals surface area contributed by atoms with Crippen LogP contribution < -0.4 is 4.74 Å².